The molecule has 1 heterocycles. The van der Waals surface area contributed by atoms with E-state index in [1.807, 2.05) is 31.2 Å². The van der Waals surface area contributed by atoms with Crippen LogP contribution in [0, 0.1) is 0 Å². The monoisotopic (exact) mass is 368 g/mol. The largest absolute Gasteiger partial charge is 0.497 e. The first-order valence-corrected chi connectivity index (χ1v) is 9.41. The number of hydrogen-bond donors (Lipinski definition) is 2. The Morgan fingerprint density at radius 2 is 1.78 bits per heavy atom. The van der Waals surface area contributed by atoms with Gasteiger partial charge in [0.05, 0.1) is 26.5 Å². The highest BCUT2D eigenvalue weighted by atomic mass is 16.5. The molecule has 0 bridgehead atoms. The lowest BCUT2D eigenvalue weighted by Gasteiger charge is -2.11. The lowest BCUT2D eigenvalue weighted by atomic mass is 9.99. The van der Waals surface area contributed by atoms with Gasteiger partial charge in [0.25, 0.3) is 0 Å². The molecule has 0 aliphatic carbocycles. The Morgan fingerprint density at radius 1 is 0.963 bits per heavy atom. The molecule has 5 nitrogen and oxygen atoms in total. The Morgan fingerprint density at radius 3 is 2.48 bits per heavy atom. The van der Waals surface area contributed by atoms with Gasteiger partial charge in [-0.15, -0.1) is 0 Å². The number of rotatable bonds is 9. The SMILES string of the molecule is CCOc1ccc2[nH]c(-c3ccc(OC)cc3OC)c(CCCCN)c2c1. The molecule has 1 aromatic heterocycles. The van der Waals surface area contributed by atoms with Crippen LogP contribution in [0.1, 0.15) is 25.3 Å². The molecule has 0 unspecified atom stereocenters. The molecular weight excluding hydrogens is 340 g/mol. The van der Waals surface area contributed by atoms with Crippen molar-refractivity contribution in [1.29, 1.82) is 0 Å². The number of nitrogens with one attached hydrogen (secondary N) is 1. The molecule has 0 saturated heterocycles. The van der Waals surface area contributed by atoms with Gasteiger partial charge in [0, 0.05) is 22.5 Å². The third-order valence-corrected chi connectivity index (χ3v) is 4.75. The third-order valence-electron chi connectivity index (χ3n) is 4.75. The quantitative estimate of drug-likeness (QED) is 0.544. The fraction of sp³-hybridized carbons (Fsp3) is 0.364. The first kappa shape index (κ1) is 19.1. The van der Waals surface area contributed by atoms with E-state index < -0.39 is 0 Å². The molecular formula is C22H28N2O3. The zero-order valence-corrected chi connectivity index (χ0v) is 16.3. The van der Waals surface area contributed by atoms with Crippen molar-refractivity contribution in [2.24, 2.45) is 5.73 Å². The number of ether oxygens (including phenoxy) is 3. The molecule has 0 fully saturated rings. The average molecular weight is 368 g/mol. The lowest BCUT2D eigenvalue weighted by Crippen LogP contribution is -1.99. The molecule has 3 N–H and O–H groups in total. The minimum absolute atomic E-state index is 0.650. The molecule has 3 rings (SSSR count). The number of unbranched alkanes of at least 4 members (excludes halogenated alkanes) is 1. The number of nitrogens with two attached hydrogens (primary N) is 1. The van der Waals surface area contributed by atoms with Crippen LogP contribution in [0.2, 0.25) is 0 Å². The van der Waals surface area contributed by atoms with E-state index in [1.165, 1.54) is 10.9 Å². The fourth-order valence-electron chi connectivity index (χ4n) is 3.42. The number of aromatic amines is 1. The van der Waals surface area contributed by atoms with Gasteiger partial charge in [-0.25, -0.2) is 0 Å². The predicted octanol–water partition coefficient (Wildman–Crippen LogP) is 4.53. The van der Waals surface area contributed by atoms with Crippen molar-refractivity contribution in [3.63, 3.8) is 0 Å². The number of hydrogen-bond acceptors (Lipinski definition) is 4. The Hall–Kier alpha value is -2.66. The maximum absolute atomic E-state index is 5.71. The summed E-state index contributed by atoms with van der Waals surface area (Å²) in [5, 5.41) is 1.19. The summed E-state index contributed by atoms with van der Waals surface area (Å²) in [5.41, 5.74) is 10.2. The zero-order valence-electron chi connectivity index (χ0n) is 16.3. The standard InChI is InChI=1S/C22H28N2O3/c1-4-27-16-9-11-20-19(13-16)17(7-5-6-12-23)22(24-20)18-10-8-15(25-2)14-21(18)26-3/h8-11,13-14,24H,4-7,12,23H2,1-3H3. The van der Waals surface area contributed by atoms with Crippen LogP contribution in [0.5, 0.6) is 17.2 Å². The molecule has 0 spiro atoms. The van der Waals surface area contributed by atoms with Crippen LogP contribution in [-0.4, -0.2) is 32.4 Å². The van der Waals surface area contributed by atoms with Gasteiger partial charge in [-0.1, -0.05) is 0 Å². The summed E-state index contributed by atoms with van der Waals surface area (Å²) in [7, 11) is 3.34. The van der Waals surface area contributed by atoms with Crippen LogP contribution in [0.3, 0.4) is 0 Å². The molecule has 3 aromatic rings. The van der Waals surface area contributed by atoms with Gasteiger partial charge >= 0.3 is 0 Å². The van der Waals surface area contributed by atoms with Crippen LogP contribution in [0.25, 0.3) is 22.2 Å². The molecule has 0 atom stereocenters. The molecule has 5 heteroatoms. The summed E-state index contributed by atoms with van der Waals surface area (Å²) in [6.07, 6.45) is 2.97. The van der Waals surface area contributed by atoms with Crippen molar-refractivity contribution >= 4 is 10.9 Å². The summed E-state index contributed by atoms with van der Waals surface area (Å²) in [4.78, 5) is 3.58. The Bertz CT molecular complexity index is 902. The van der Waals surface area contributed by atoms with Gasteiger partial charge in [0.15, 0.2) is 0 Å². The normalized spacial score (nSPS) is 11.0. The summed E-state index contributed by atoms with van der Waals surface area (Å²) in [5.74, 6) is 2.44. The van der Waals surface area contributed by atoms with Crippen molar-refractivity contribution in [2.75, 3.05) is 27.4 Å². The Kier molecular flexibility index (Phi) is 6.24. The van der Waals surface area contributed by atoms with Gasteiger partial charge < -0.3 is 24.9 Å². The second-order valence-electron chi connectivity index (χ2n) is 6.43. The van der Waals surface area contributed by atoms with E-state index in [0.29, 0.717) is 13.2 Å². The van der Waals surface area contributed by atoms with Gasteiger partial charge in [-0.05, 0) is 68.6 Å². The average Bonchev–Trinajstić information content (AvgIpc) is 3.05. The van der Waals surface area contributed by atoms with Crippen molar-refractivity contribution in [3.8, 4) is 28.5 Å². The zero-order chi connectivity index (χ0) is 19.2. The van der Waals surface area contributed by atoms with Gasteiger partial charge in [-0.3, -0.25) is 0 Å². The van der Waals surface area contributed by atoms with E-state index in [-0.39, 0.29) is 0 Å². The number of benzene rings is 2. The molecule has 2 aromatic carbocycles. The maximum Gasteiger partial charge on any atom is 0.131 e. The van der Waals surface area contributed by atoms with Crippen molar-refractivity contribution < 1.29 is 14.2 Å². The van der Waals surface area contributed by atoms with Crippen molar-refractivity contribution in [1.82, 2.24) is 4.98 Å². The molecule has 0 aliphatic heterocycles. The molecule has 144 valence electrons. The van der Waals surface area contributed by atoms with E-state index in [9.17, 15) is 0 Å². The highest BCUT2D eigenvalue weighted by Crippen LogP contribution is 2.39. The van der Waals surface area contributed by atoms with Crippen molar-refractivity contribution in [3.05, 3.63) is 42.0 Å². The molecule has 0 amide bonds. The molecule has 0 radical (unpaired) electrons. The van der Waals surface area contributed by atoms with Crippen LogP contribution >= 0.6 is 0 Å². The smallest absolute Gasteiger partial charge is 0.131 e. The highest BCUT2D eigenvalue weighted by molar-refractivity contribution is 5.93. The van der Waals surface area contributed by atoms with E-state index in [2.05, 4.69) is 17.1 Å². The molecule has 0 saturated carbocycles. The van der Waals surface area contributed by atoms with Gasteiger partial charge in [0.1, 0.15) is 17.2 Å². The third kappa shape index (κ3) is 4.03. The van der Waals surface area contributed by atoms with Crippen LogP contribution in [-0.2, 0) is 6.42 Å². The Labute approximate surface area is 160 Å². The van der Waals surface area contributed by atoms with Gasteiger partial charge in [0.2, 0.25) is 0 Å². The number of H-pyrrole nitrogens is 1. The first-order chi connectivity index (χ1) is 13.2. The summed E-state index contributed by atoms with van der Waals surface area (Å²) in [6, 6.07) is 12.1. The van der Waals surface area contributed by atoms with E-state index in [1.54, 1.807) is 14.2 Å². The minimum Gasteiger partial charge on any atom is -0.497 e. The summed E-state index contributed by atoms with van der Waals surface area (Å²) in [6.45, 7) is 3.35. The summed E-state index contributed by atoms with van der Waals surface area (Å²) < 4.78 is 16.7. The van der Waals surface area contributed by atoms with Crippen LogP contribution < -0.4 is 19.9 Å². The van der Waals surface area contributed by atoms with E-state index >= 15 is 0 Å². The number of fused-ring (bicyclic) bond motifs is 1. The Balaban J connectivity index is 2.14. The second kappa shape index (κ2) is 8.82. The van der Waals surface area contributed by atoms with E-state index in [4.69, 9.17) is 19.9 Å². The van der Waals surface area contributed by atoms with Crippen LogP contribution in [0.15, 0.2) is 36.4 Å². The lowest BCUT2D eigenvalue weighted by molar-refractivity contribution is 0.340. The minimum atomic E-state index is 0.650. The molecule has 27 heavy (non-hydrogen) atoms. The maximum atomic E-state index is 5.71. The first-order valence-electron chi connectivity index (χ1n) is 9.41. The fourth-order valence-corrected chi connectivity index (χ4v) is 3.42. The van der Waals surface area contributed by atoms with E-state index in [0.717, 1.165) is 53.3 Å². The highest BCUT2D eigenvalue weighted by Gasteiger charge is 2.17. The number of aromatic nitrogens is 1. The topological polar surface area (TPSA) is 69.5 Å². The predicted molar refractivity (Wildman–Crippen MR) is 110 cm³/mol. The molecule has 0 aliphatic rings. The van der Waals surface area contributed by atoms with Gasteiger partial charge in [-0.2, -0.15) is 0 Å². The second-order valence-corrected chi connectivity index (χ2v) is 6.43. The van der Waals surface area contributed by atoms with Crippen molar-refractivity contribution in [2.45, 2.75) is 26.2 Å². The van der Waals surface area contributed by atoms with Crippen LogP contribution in [0.4, 0.5) is 0 Å². The summed E-state index contributed by atoms with van der Waals surface area (Å²) >= 11 is 0. The number of methoxy groups -OCH3 is 2. The number of aryl methyl sites for hydroxylation is 1.